The molecule has 2 aliphatic heterocycles. The summed E-state index contributed by atoms with van der Waals surface area (Å²) in [5, 5.41) is 61.5. The SMILES string of the molecule is NCC1OC(OC2C(N)CC(N)C(OC3OC(CN)[C@@H](O)C(O)[C@@H]3O)C2O)C(N)C(O)[C@@H]1O. The van der Waals surface area contributed by atoms with Crippen LogP contribution in [0.2, 0.25) is 0 Å². The average molecular weight is 484 g/mol. The third-order valence-corrected chi connectivity index (χ3v) is 6.53. The highest BCUT2D eigenvalue weighted by Crippen LogP contribution is 2.31. The van der Waals surface area contributed by atoms with E-state index in [9.17, 15) is 30.6 Å². The summed E-state index contributed by atoms with van der Waals surface area (Å²) >= 11 is 0. The van der Waals surface area contributed by atoms with Crippen molar-refractivity contribution in [3.63, 3.8) is 0 Å². The van der Waals surface area contributed by atoms with E-state index in [2.05, 4.69) is 0 Å². The van der Waals surface area contributed by atoms with Crippen molar-refractivity contribution >= 4 is 0 Å². The molecular formula is C18H37N5O10. The summed E-state index contributed by atoms with van der Waals surface area (Å²) < 4.78 is 22.5. The number of ether oxygens (including phenoxy) is 4. The molecule has 3 fully saturated rings. The molecule has 0 bridgehead atoms. The van der Waals surface area contributed by atoms with Gasteiger partial charge >= 0.3 is 0 Å². The standard InChI is InChI=1S/C18H37N5O10/c19-2-6-9(24)11(26)8(23)17(30-6)32-15-4(21)1-5(22)16(14(15)29)33-18-13(28)12(27)10(25)7(3-20)31-18/h4-18,24-29H,1-3,19-23H2/t4?,5?,6?,7?,8?,9-,10-,11?,12?,13+,14?,15?,16?,17?,18?/m1/s1. The number of hydrogen-bond acceptors (Lipinski definition) is 15. The first-order valence-electron chi connectivity index (χ1n) is 10.9. The summed E-state index contributed by atoms with van der Waals surface area (Å²) in [6.45, 7) is -0.276. The van der Waals surface area contributed by atoms with Gasteiger partial charge in [0.15, 0.2) is 12.6 Å². The molecule has 0 aromatic rings. The lowest BCUT2D eigenvalue weighted by Crippen LogP contribution is -2.69. The third-order valence-electron chi connectivity index (χ3n) is 6.53. The summed E-state index contributed by atoms with van der Waals surface area (Å²) in [6, 6.07) is -2.76. The molecule has 2 saturated heterocycles. The lowest BCUT2D eigenvalue weighted by atomic mass is 9.84. The van der Waals surface area contributed by atoms with Crippen LogP contribution in [0.1, 0.15) is 6.42 Å². The van der Waals surface area contributed by atoms with Gasteiger partial charge in [-0.25, -0.2) is 0 Å². The van der Waals surface area contributed by atoms with Crippen LogP contribution in [0.4, 0.5) is 0 Å². The van der Waals surface area contributed by atoms with Gasteiger partial charge in [0.05, 0.1) is 6.04 Å². The first-order valence-corrected chi connectivity index (χ1v) is 10.9. The van der Waals surface area contributed by atoms with Gasteiger partial charge in [-0.2, -0.15) is 0 Å². The maximum Gasteiger partial charge on any atom is 0.187 e. The predicted molar refractivity (Wildman–Crippen MR) is 110 cm³/mol. The van der Waals surface area contributed by atoms with E-state index in [1.807, 2.05) is 0 Å². The van der Waals surface area contributed by atoms with Crippen molar-refractivity contribution in [1.82, 2.24) is 0 Å². The quantitative estimate of drug-likeness (QED) is 0.167. The molecule has 15 heteroatoms. The molecule has 3 aliphatic rings. The van der Waals surface area contributed by atoms with Gasteiger partial charge in [-0.1, -0.05) is 0 Å². The fourth-order valence-corrected chi connectivity index (χ4v) is 4.44. The van der Waals surface area contributed by atoms with E-state index in [4.69, 9.17) is 47.6 Å². The van der Waals surface area contributed by atoms with Crippen LogP contribution in [-0.2, 0) is 18.9 Å². The molecule has 12 unspecified atom stereocenters. The highest BCUT2D eigenvalue weighted by Gasteiger charge is 2.51. The molecule has 1 aliphatic carbocycles. The minimum atomic E-state index is -1.64. The number of nitrogens with two attached hydrogens (primary N) is 5. The Morgan fingerprint density at radius 1 is 0.606 bits per heavy atom. The molecule has 15 nitrogen and oxygen atoms in total. The van der Waals surface area contributed by atoms with Crippen LogP contribution >= 0.6 is 0 Å². The fraction of sp³-hybridized carbons (Fsp3) is 1.00. The Hall–Kier alpha value is -0.600. The molecule has 3 rings (SSSR count). The fourth-order valence-electron chi connectivity index (χ4n) is 4.44. The molecule has 16 N–H and O–H groups in total. The summed E-state index contributed by atoms with van der Waals surface area (Å²) in [5.74, 6) is 0. The van der Waals surface area contributed by atoms with Crippen LogP contribution in [0, 0.1) is 0 Å². The molecule has 0 aromatic carbocycles. The van der Waals surface area contributed by atoms with E-state index < -0.39 is 91.7 Å². The van der Waals surface area contributed by atoms with Gasteiger partial charge in [0.1, 0.15) is 61.0 Å². The van der Waals surface area contributed by atoms with Crippen molar-refractivity contribution in [2.45, 2.75) is 98.2 Å². The molecule has 33 heavy (non-hydrogen) atoms. The summed E-state index contributed by atoms with van der Waals surface area (Å²) in [5.41, 5.74) is 29.3. The highest BCUT2D eigenvalue weighted by atomic mass is 16.7. The van der Waals surface area contributed by atoms with Crippen LogP contribution in [0.3, 0.4) is 0 Å². The van der Waals surface area contributed by atoms with E-state index in [0.717, 1.165) is 0 Å². The summed E-state index contributed by atoms with van der Waals surface area (Å²) in [7, 11) is 0. The van der Waals surface area contributed by atoms with E-state index in [1.165, 1.54) is 0 Å². The van der Waals surface area contributed by atoms with Gasteiger partial charge in [0.2, 0.25) is 0 Å². The molecule has 15 atom stereocenters. The van der Waals surface area contributed by atoms with Gasteiger partial charge in [0.25, 0.3) is 0 Å². The summed E-state index contributed by atoms with van der Waals surface area (Å²) in [6.07, 6.45) is -15.7. The lowest BCUT2D eigenvalue weighted by Gasteiger charge is -2.48. The first-order chi connectivity index (χ1) is 15.5. The first kappa shape index (κ1) is 27.0. The van der Waals surface area contributed by atoms with Crippen LogP contribution < -0.4 is 28.7 Å². The van der Waals surface area contributed by atoms with Crippen molar-refractivity contribution in [3.8, 4) is 0 Å². The second-order valence-corrected chi connectivity index (χ2v) is 8.84. The van der Waals surface area contributed by atoms with Crippen LogP contribution in [0.25, 0.3) is 0 Å². The Kier molecular flexibility index (Phi) is 8.99. The Labute approximate surface area is 190 Å². The third kappa shape index (κ3) is 5.32. The number of rotatable bonds is 6. The smallest absolute Gasteiger partial charge is 0.187 e. The van der Waals surface area contributed by atoms with E-state index in [-0.39, 0.29) is 19.5 Å². The van der Waals surface area contributed by atoms with Crippen molar-refractivity contribution in [1.29, 1.82) is 0 Å². The minimum absolute atomic E-state index is 0.117. The van der Waals surface area contributed by atoms with Crippen LogP contribution in [0.15, 0.2) is 0 Å². The molecule has 194 valence electrons. The average Bonchev–Trinajstić information content (AvgIpc) is 2.79. The largest absolute Gasteiger partial charge is 0.388 e. The number of aliphatic hydroxyl groups is 6. The Bertz CT molecular complexity index is 585. The molecule has 0 radical (unpaired) electrons. The van der Waals surface area contributed by atoms with E-state index >= 15 is 0 Å². The Balaban J connectivity index is 1.72. The molecule has 0 aromatic heterocycles. The van der Waals surface area contributed by atoms with Crippen LogP contribution in [0.5, 0.6) is 0 Å². The molecule has 0 amide bonds. The Morgan fingerprint density at radius 2 is 1.06 bits per heavy atom. The zero-order valence-corrected chi connectivity index (χ0v) is 18.0. The monoisotopic (exact) mass is 483 g/mol. The zero-order chi connectivity index (χ0) is 24.6. The maximum atomic E-state index is 11.0. The van der Waals surface area contributed by atoms with Gasteiger partial charge < -0.3 is 78.3 Å². The summed E-state index contributed by atoms with van der Waals surface area (Å²) in [4.78, 5) is 0. The topological polar surface area (TPSA) is 288 Å². The van der Waals surface area contributed by atoms with Gasteiger partial charge in [-0.05, 0) is 6.42 Å². The van der Waals surface area contributed by atoms with Gasteiger partial charge in [-0.15, -0.1) is 0 Å². The molecule has 1 saturated carbocycles. The Morgan fingerprint density at radius 3 is 1.58 bits per heavy atom. The van der Waals surface area contributed by atoms with Gasteiger partial charge in [0, 0.05) is 25.2 Å². The minimum Gasteiger partial charge on any atom is -0.388 e. The number of aliphatic hydroxyl groups excluding tert-OH is 6. The molecule has 0 spiro atoms. The van der Waals surface area contributed by atoms with E-state index in [1.54, 1.807) is 0 Å². The maximum absolute atomic E-state index is 11.0. The van der Waals surface area contributed by atoms with Crippen molar-refractivity contribution < 1.29 is 49.6 Å². The van der Waals surface area contributed by atoms with E-state index in [0.29, 0.717) is 0 Å². The second-order valence-electron chi connectivity index (χ2n) is 8.84. The lowest BCUT2D eigenvalue weighted by molar-refractivity contribution is -0.327. The van der Waals surface area contributed by atoms with Crippen molar-refractivity contribution in [3.05, 3.63) is 0 Å². The van der Waals surface area contributed by atoms with Crippen molar-refractivity contribution in [2.75, 3.05) is 13.1 Å². The van der Waals surface area contributed by atoms with Crippen LogP contribution in [-0.4, -0.2) is 135 Å². The zero-order valence-electron chi connectivity index (χ0n) is 18.0. The molecule has 2 heterocycles. The normalized spacial score (nSPS) is 53.7. The molecular weight excluding hydrogens is 446 g/mol. The van der Waals surface area contributed by atoms with Gasteiger partial charge in [-0.3, -0.25) is 0 Å². The van der Waals surface area contributed by atoms with Crippen molar-refractivity contribution in [2.24, 2.45) is 28.7 Å². The highest BCUT2D eigenvalue weighted by molar-refractivity contribution is 5.01. The number of hydrogen-bond donors (Lipinski definition) is 11. The predicted octanol–water partition coefficient (Wildman–Crippen LogP) is -7.33. The second kappa shape index (κ2) is 11.0.